The molecule has 1 aliphatic heterocycles. The van der Waals surface area contributed by atoms with Crippen LogP contribution in [-0.4, -0.2) is 36.3 Å². The Labute approximate surface area is 138 Å². The molecule has 1 fully saturated rings. The number of rotatable bonds is 6. The molecule has 0 atom stereocenters. The average Bonchev–Trinajstić information content (AvgIpc) is 2.57. The van der Waals surface area contributed by atoms with E-state index in [-0.39, 0.29) is 17.7 Å². The van der Waals surface area contributed by atoms with Crippen molar-refractivity contribution in [1.82, 2.24) is 10.2 Å². The summed E-state index contributed by atoms with van der Waals surface area (Å²) in [6.45, 7) is 4.20. The van der Waals surface area contributed by atoms with Crippen LogP contribution < -0.4 is 11.1 Å². The summed E-state index contributed by atoms with van der Waals surface area (Å²) in [5.41, 5.74) is 7.33. The minimum atomic E-state index is 0.0485. The van der Waals surface area contributed by atoms with E-state index in [1.165, 1.54) is 0 Å². The fourth-order valence-electron chi connectivity index (χ4n) is 2.85. The van der Waals surface area contributed by atoms with Gasteiger partial charge in [0.25, 0.3) is 0 Å². The van der Waals surface area contributed by atoms with Crippen LogP contribution in [-0.2, 0) is 16.0 Å². The number of nitrogens with two attached hydrogens (primary N) is 1. The molecule has 0 unspecified atom stereocenters. The number of likely N-dealkylation sites (tertiary alicyclic amines) is 1. The van der Waals surface area contributed by atoms with Crippen LogP contribution in [0, 0.1) is 5.92 Å². The second kappa shape index (κ2) is 8.56. The Hall–Kier alpha value is -2.04. The number of nitrogen functional groups attached to an aromatic ring is 1. The van der Waals surface area contributed by atoms with Gasteiger partial charge in [0, 0.05) is 31.2 Å². The van der Waals surface area contributed by atoms with E-state index in [2.05, 4.69) is 12.2 Å². The number of hydrogen-bond acceptors (Lipinski definition) is 3. The summed E-state index contributed by atoms with van der Waals surface area (Å²) >= 11 is 0. The average molecular weight is 317 g/mol. The van der Waals surface area contributed by atoms with Crippen molar-refractivity contribution in [2.75, 3.05) is 25.4 Å². The lowest BCUT2D eigenvalue weighted by Gasteiger charge is -2.31. The molecule has 0 aromatic heterocycles. The molecule has 0 aliphatic carbocycles. The van der Waals surface area contributed by atoms with Gasteiger partial charge in [0.05, 0.1) is 6.42 Å². The maximum atomic E-state index is 12.3. The Bertz CT molecular complexity index is 520. The molecular formula is C18H27N3O2. The summed E-state index contributed by atoms with van der Waals surface area (Å²) in [6.07, 6.45) is 4.01. The number of piperidine rings is 1. The molecule has 23 heavy (non-hydrogen) atoms. The molecule has 3 N–H and O–H groups in total. The number of carbonyl (C=O) groups is 2. The maximum Gasteiger partial charge on any atom is 0.226 e. The highest BCUT2D eigenvalue weighted by Crippen LogP contribution is 2.18. The van der Waals surface area contributed by atoms with Crippen molar-refractivity contribution in [3.05, 3.63) is 29.8 Å². The lowest BCUT2D eigenvalue weighted by atomic mass is 9.95. The number of nitrogens with one attached hydrogen (secondary N) is 1. The van der Waals surface area contributed by atoms with Gasteiger partial charge in [-0.3, -0.25) is 9.59 Å². The van der Waals surface area contributed by atoms with Crippen molar-refractivity contribution in [3.63, 3.8) is 0 Å². The number of amides is 2. The molecule has 1 aromatic rings. The number of carbonyl (C=O) groups excluding carboxylic acids is 2. The van der Waals surface area contributed by atoms with E-state index in [1.807, 2.05) is 29.2 Å². The molecule has 126 valence electrons. The number of unbranched alkanes of at least 4 members (excludes halogenated alkanes) is 1. The van der Waals surface area contributed by atoms with E-state index in [0.717, 1.165) is 37.8 Å². The third-order valence-corrected chi connectivity index (χ3v) is 4.38. The topological polar surface area (TPSA) is 75.4 Å². The minimum absolute atomic E-state index is 0.0485. The van der Waals surface area contributed by atoms with Gasteiger partial charge in [-0.1, -0.05) is 25.5 Å². The van der Waals surface area contributed by atoms with E-state index in [0.29, 0.717) is 25.2 Å². The molecule has 1 heterocycles. The first-order valence-corrected chi connectivity index (χ1v) is 8.50. The van der Waals surface area contributed by atoms with Gasteiger partial charge in [0.2, 0.25) is 11.8 Å². The molecule has 2 amide bonds. The smallest absolute Gasteiger partial charge is 0.226 e. The zero-order valence-corrected chi connectivity index (χ0v) is 13.9. The molecule has 1 aromatic carbocycles. The highest BCUT2D eigenvalue weighted by molar-refractivity contribution is 5.81. The van der Waals surface area contributed by atoms with Crippen LogP contribution in [0.15, 0.2) is 24.3 Å². The maximum absolute atomic E-state index is 12.3. The third kappa shape index (κ3) is 5.27. The largest absolute Gasteiger partial charge is 0.399 e. The van der Waals surface area contributed by atoms with E-state index < -0.39 is 0 Å². The predicted octanol–water partition coefficient (Wildman–Crippen LogP) is 1.97. The monoisotopic (exact) mass is 317 g/mol. The van der Waals surface area contributed by atoms with Crippen LogP contribution in [0.3, 0.4) is 0 Å². The van der Waals surface area contributed by atoms with E-state index in [9.17, 15) is 9.59 Å². The molecule has 5 nitrogen and oxygen atoms in total. The van der Waals surface area contributed by atoms with Gasteiger partial charge in [-0.15, -0.1) is 0 Å². The number of anilines is 1. The minimum Gasteiger partial charge on any atom is -0.399 e. The van der Waals surface area contributed by atoms with Crippen LogP contribution >= 0.6 is 0 Å². The summed E-state index contributed by atoms with van der Waals surface area (Å²) in [6, 6.07) is 7.41. The van der Waals surface area contributed by atoms with Crippen LogP contribution in [0.1, 0.15) is 38.2 Å². The van der Waals surface area contributed by atoms with Crippen molar-refractivity contribution >= 4 is 17.5 Å². The molecule has 0 radical (unpaired) electrons. The quantitative estimate of drug-likeness (QED) is 0.622. The van der Waals surface area contributed by atoms with Gasteiger partial charge in [0.1, 0.15) is 0 Å². The van der Waals surface area contributed by atoms with Crippen molar-refractivity contribution < 1.29 is 9.59 Å². The second-order valence-corrected chi connectivity index (χ2v) is 6.22. The zero-order valence-electron chi connectivity index (χ0n) is 13.9. The predicted molar refractivity (Wildman–Crippen MR) is 91.8 cm³/mol. The van der Waals surface area contributed by atoms with Crippen LogP contribution in [0.2, 0.25) is 0 Å². The summed E-state index contributed by atoms with van der Waals surface area (Å²) in [5, 5.41) is 2.99. The van der Waals surface area contributed by atoms with Crippen molar-refractivity contribution in [3.8, 4) is 0 Å². The Morgan fingerprint density at radius 2 is 1.87 bits per heavy atom. The van der Waals surface area contributed by atoms with E-state index in [4.69, 9.17) is 5.73 Å². The number of hydrogen-bond donors (Lipinski definition) is 2. The lowest BCUT2D eigenvalue weighted by Crippen LogP contribution is -2.43. The Kier molecular flexibility index (Phi) is 6.44. The van der Waals surface area contributed by atoms with Crippen LogP contribution in [0.25, 0.3) is 0 Å². The normalized spacial score (nSPS) is 15.4. The molecule has 0 saturated carbocycles. The fraction of sp³-hybridized carbons (Fsp3) is 0.556. The van der Waals surface area contributed by atoms with Crippen LogP contribution in [0.4, 0.5) is 5.69 Å². The SMILES string of the molecule is CCCCNC(=O)C1CCN(C(=O)Cc2ccc(N)cc2)CC1. The summed E-state index contributed by atoms with van der Waals surface area (Å²) in [7, 11) is 0. The molecule has 1 saturated heterocycles. The molecule has 0 spiro atoms. The first kappa shape index (κ1) is 17.3. The van der Waals surface area contributed by atoms with E-state index in [1.54, 1.807) is 0 Å². The standard InChI is InChI=1S/C18H27N3O2/c1-2-3-10-20-18(23)15-8-11-21(12-9-15)17(22)13-14-4-6-16(19)7-5-14/h4-7,15H,2-3,8-13,19H2,1H3,(H,20,23). The second-order valence-electron chi connectivity index (χ2n) is 6.22. The lowest BCUT2D eigenvalue weighted by molar-refractivity contribution is -0.135. The molecule has 0 bridgehead atoms. The van der Waals surface area contributed by atoms with Gasteiger partial charge in [-0.05, 0) is 37.0 Å². The Morgan fingerprint density at radius 1 is 1.22 bits per heavy atom. The van der Waals surface area contributed by atoms with Gasteiger partial charge < -0.3 is 16.0 Å². The first-order valence-electron chi connectivity index (χ1n) is 8.50. The number of benzene rings is 1. The third-order valence-electron chi connectivity index (χ3n) is 4.38. The summed E-state index contributed by atoms with van der Waals surface area (Å²) in [5.74, 6) is 0.316. The summed E-state index contributed by atoms with van der Waals surface area (Å²) < 4.78 is 0. The van der Waals surface area contributed by atoms with Crippen molar-refractivity contribution in [2.24, 2.45) is 5.92 Å². The van der Waals surface area contributed by atoms with Gasteiger partial charge >= 0.3 is 0 Å². The van der Waals surface area contributed by atoms with Gasteiger partial charge in [-0.25, -0.2) is 0 Å². The molecule has 2 rings (SSSR count). The first-order chi connectivity index (χ1) is 11.1. The molecular weight excluding hydrogens is 290 g/mol. The summed E-state index contributed by atoms with van der Waals surface area (Å²) in [4.78, 5) is 26.2. The van der Waals surface area contributed by atoms with Gasteiger partial charge in [-0.2, -0.15) is 0 Å². The zero-order chi connectivity index (χ0) is 16.7. The highest BCUT2D eigenvalue weighted by atomic mass is 16.2. The van der Waals surface area contributed by atoms with Crippen LogP contribution in [0.5, 0.6) is 0 Å². The number of nitrogens with zero attached hydrogens (tertiary/aromatic N) is 1. The Balaban J connectivity index is 1.76. The Morgan fingerprint density at radius 3 is 2.48 bits per heavy atom. The van der Waals surface area contributed by atoms with Gasteiger partial charge in [0.15, 0.2) is 0 Å². The van der Waals surface area contributed by atoms with Crippen molar-refractivity contribution in [1.29, 1.82) is 0 Å². The molecule has 1 aliphatic rings. The van der Waals surface area contributed by atoms with Crippen molar-refractivity contribution in [2.45, 2.75) is 39.0 Å². The highest BCUT2D eigenvalue weighted by Gasteiger charge is 2.26. The molecule has 5 heteroatoms. The van der Waals surface area contributed by atoms with E-state index >= 15 is 0 Å². The fourth-order valence-corrected chi connectivity index (χ4v) is 2.85.